The Hall–Kier alpha value is -4.15. The number of carbonyl (C=O) groups is 2. The largest absolute Gasteiger partial charge is 0.478 e. The van der Waals surface area contributed by atoms with E-state index in [9.17, 15) is 19.8 Å². The molecule has 1 aliphatic rings. The number of carboxylic acid groups (broad SMARTS) is 1. The van der Waals surface area contributed by atoms with Crippen LogP contribution in [-0.2, 0) is 29.2 Å². The number of carbonyl (C=O) groups excluding carboxylic acids is 1. The fraction of sp³-hybridized carbons (Fsp3) is 0.235. The van der Waals surface area contributed by atoms with Gasteiger partial charge >= 0.3 is 12.0 Å². The number of thioether (sulfide) groups is 1. The molecule has 8 nitrogen and oxygen atoms in total. The Morgan fingerprint density at radius 1 is 0.744 bits per heavy atom. The normalized spacial score (nSPS) is 18.1. The Labute approximate surface area is 255 Å². The summed E-state index contributed by atoms with van der Waals surface area (Å²) >= 11 is 1.46. The first-order chi connectivity index (χ1) is 21.0. The number of aliphatic hydroxyl groups excluding tert-OH is 1. The average molecular weight is 599 g/mol. The first kappa shape index (κ1) is 30.3. The lowest BCUT2D eigenvalue weighted by Gasteiger charge is -2.36. The molecular weight excluding hydrogens is 564 g/mol. The summed E-state index contributed by atoms with van der Waals surface area (Å²) < 4.78 is 12.8. The molecule has 9 heteroatoms. The van der Waals surface area contributed by atoms with Crippen molar-refractivity contribution in [1.82, 2.24) is 10.6 Å². The van der Waals surface area contributed by atoms with Crippen molar-refractivity contribution in [2.75, 3.05) is 5.75 Å². The smallest absolute Gasteiger partial charge is 0.336 e. The minimum absolute atomic E-state index is 0.0321. The molecule has 5 rings (SSSR count). The van der Waals surface area contributed by atoms with Crippen molar-refractivity contribution in [2.45, 2.75) is 49.5 Å². The maximum atomic E-state index is 12.3. The van der Waals surface area contributed by atoms with Gasteiger partial charge in [0.15, 0.2) is 6.29 Å². The van der Waals surface area contributed by atoms with E-state index in [1.54, 1.807) is 12.1 Å². The van der Waals surface area contributed by atoms with Crippen molar-refractivity contribution in [2.24, 2.45) is 0 Å². The van der Waals surface area contributed by atoms with Crippen molar-refractivity contribution in [3.63, 3.8) is 0 Å². The predicted molar refractivity (Wildman–Crippen MR) is 165 cm³/mol. The van der Waals surface area contributed by atoms with Crippen LogP contribution in [0.4, 0.5) is 4.79 Å². The van der Waals surface area contributed by atoms with Gasteiger partial charge in [-0.25, -0.2) is 9.59 Å². The highest BCUT2D eigenvalue weighted by Gasteiger charge is 2.32. The van der Waals surface area contributed by atoms with Gasteiger partial charge in [0.25, 0.3) is 0 Å². The minimum atomic E-state index is -0.959. The molecule has 1 heterocycles. The lowest BCUT2D eigenvalue weighted by atomic mass is 10.0. The molecule has 222 valence electrons. The van der Waals surface area contributed by atoms with Crippen molar-refractivity contribution in [1.29, 1.82) is 0 Å². The lowest BCUT2D eigenvalue weighted by molar-refractivity contribution is -0.245. The standard InChI is InChI=1S/C34H34N2O6S/c37-21-25-12-14-26(15-13-25)30-18-28(22-43-31-9-5-4-8-29(31)32(38)39)41-33(42-30)27-16-10-24(11-17-27)20-36-34(40)35-19-23-6-2-1-3-7-23/h1-17,28,30,33,37H,18-22H2,(H,38,39)(H2,35,36,40). The van der Waals surface area contributed by atoms with E-state index in [1.165, 1.54) is 11.8 Å². The number of carboxylic acids is 1. The van der Waals surface area contributed by atoms with Crippen molar-refractivity contribution in [3.05, 3.63) is 137 Å². The number of benzene rings is 4. The van der Waals surface area contributed by atoms with Crippen LogP contribution in [0.2, 0.25) is 0 Å². The van der Waals surface area contributed by atoms with Crippen LogP contribution in [0.1, 0.15) is 57.0 Å². The van der Waals surface area contributed by atoms with Crippen LogP contribution < -0.4 is 10.6 Å². The first-order valence-electron chi connectivity index (χ1n) is 14.1. The number of ether oxygens (including phenoxy) is 2. The van der Waals surface area contributed by atoms with Gasteiger partial charge in [0.1, 0.15) is 0 Å². The third kappa shape index (κ3) is 8.46. The second-order valence-electron chi connectivity index (χ2n) is 10.2. The molecule has 1 fully saturated rings. The van der Waals surface area contributed by atoms with E-state index >= 15 is 0 Å². The highest BCUT2D eigenvalue weighted by molar-refractivity contribution is 7.99. The van der Waals surface area contributed by atoms with Gasteiger partial charge in [-0.15, -0.1) is 11.8 Å². The fourth-order valence-electron chi connectivity index (χ4n) is 4.79. The Kier molecular flexibility index (Phi) is 10.5. The molecule has 43 heavy (non-hydrogen) atoms. The molecule has 1 aliphatic heterocycles. The monoisotopic (exact) mass is 598 g/mol. The van der Waals surface area contributed by atoms with E-state index in [-0.39, 0.29) is 30.4 Å². The molecule has 0 bridgehead atoms. The fourth-order valence-corrected chi connectivity index (χ4v) is 5.86. The number of amides is 2. The maximum absolute atomic E-state index is 12.3. The summed E-state index contributed by atoms with van der Waals surface area (Å²) in [6.07, 6.45) is -0.492. The highest BCUT2D eigenvalue weighted by atomic mass is 32.2. The zero-order chi connectivity index (χ0) is 30.0. The maximum Gasteiger partial charge on any atom is 0.336 e. The number of rotatable bonds is 11. The van der Waals surface area contributed by atoms with Crippen LogP contribution in [0.25, 0.3) is 0 Å². The number of hydrogen-bond acceptors (Lipinski definition) is 6. The van der Waals surface area contributed by atoms with Gasteiger partial charge in [-0.2, -0.15) is 0 Å². The molecule has 0 radical (unpaired) electrons. The summed E-state index contributed by atoms with van der Waals surface area (Å²) in [5, 5.41) is 24.8. The molecule has 4 N–H and O–H groups in total. The number of nitrogens with one attached hydrogen (secondary N) is 2. The number of hydrogen-bond donors (Lipinski definition) is 4. The summed E-state index contributed by atoms with van der Waals surface area (Å²) in [6, 6.07) is 31.9. The molecule has 1 saturated heterocycles. The van der Waals surface area contributed by atoms with Crippen LogP contribution in [0.15, 0.2) is 108 Å². The number of urea groups is 1. The van der Waals surface area contributed by atoms with Gasteiger partial charge < -0.3 is 30.3 Å². The van der Waals surface area contributed by atoms with E-state index in [0.29, 0.717) is 30.2 Å². The van der Waals surface area contributed by atoms with Gasteiger partial charge in [-0.1, -0.05) is 91.0 Å². The zero-order valence-corrected chi connectivity index (χ0v) is 24.3. The van der Waals surface area contributed by atoms with Crippen molar-refractivity contribution < 1.29 is 29.3 Å². The highest BCUT2D eigenvalue weighted by Crippen LogP contribution is 2.39. The van der Waals surface area contributed by atoms with Gasteiger partial charge in [0, 0.05) is 35.7 Å². The molecule has 4 aromatic rings. The summed E-state index contributed by atoms with van der Waals surface area (Å²) in [6.45, 7) is 0.790. The van der Waals surface area contributed by atoms with Gasteiger partial charge in [-0.05, 0) is 34.4 Å². The lowest BCUT2D eigenvalue weighted by Crippen LogP contribution is -2.34. The minimum Gasteiger partial charge on any atom is -0.478 e. The SMILES string of the molecule is O=C(NCc1ccccc1)NCc1ccc(C2OC(CSc3ccccc3C(=O)O)CC(c3ccc(CO)cc3)O2)cc1. The first-order valence-corrected chi connectivity index (χ1v) is 15.1. The summed E-state index contributed by atoms with van der Waals surface area (Å²) in [7, 11) is 0. The Bertz CT molecular complexity index is 1500. The Balaban J connectivity index is 1.24. The zero-order valence-electron chi connectivity index (χ0n) is 23.5. The molecule has 0 aliphatic carbocycles. The molecule has 4 aromatic carbocycles. The molecule has 0 spiro atoms. The van der Waals surface area contributed by atoms with E-state index < -0.39 is 12.3 Å². The van der Waals surface area contributed by atoms with E-state index in [1.807, 2.05) is 91.0 Å². The van der Waals surface area contributed by atoms with Crippen molar-refractivity contribution >= 4 is 23.8 Å². The molecule has 2 amide bonds. The Morgan fingerprint density at radius 3 is 2.02 bits per heavy atom. The van der Waals surface area contributed by atoms with Gasteiger partial charge in [-0.3, -0.25) is 0 Å². The molecule has 3 unspecified atom stereocenters. The number of aromatic carboxylic acids is 1. The van der Waals surface area contributed by atoms with Crippen LogP contribution in [0.3, 0.4) is 0 Å². The molecule has 0 saturated carbocycles. The quantitative estimate of drug-likeness (QED) is 0.152. The molecule has 3 atom stereocenters. The Morgan fingerprint density at radius 2 is 1.35 bits per heavy atom. The van der Waals surface area contributed by atoms with E-state index in [4.69, 9.17) is 9.47 Å². The topological polar surface area (TPSA) is 117 Å². The van der Waals surface area contributed by atoms with E-state index in [0.717, 1.165) is 27.8 Å². The predicted octanol–water partition coefficient (Wildman–Crippen LogP) is 6.21. The van der Waals surface area contributed by atoms with Crippen molar-refractivity contribution in [3.8, 4) is 0 Å². The second-order valence-corrected chi connectivity index (χ2v) is 11.3. The van der Waals surface area contributed by atoms with E-state index in [2.05, 4.69) is 10.6 Å². The second kappa shape index (κ2) is 14.8. The van der Waals surface area contributed by atoms with Gasteiger partial charge in [0.2, 0.25) is 0 Å². The third-order valence-electron chi connectivity index (χ3n) is 7.16. The summed E-state index contributed by atoms with van der Waals surface area (Å²) in [5.41, 5.74) is 4.87. The van der Waals surface area contributed by atoms with Crippen LogP contribution >= 0.6 is 11.8 Å². The average Bonchev–Trinajstić information content (AvgIpc) is 3.06. The van der Waals surface area contributed by atoms with Crippen LogP contribution in [0, 0.1) is 0 Å². The third-order valence-corrected chi connectivity index (χ3v) is 8.36. The van der Waals surface area contributed by atoms with Crippen LogP contribution in [0.5, 0.6) is 0 Å². The van der Waals surface area contributed by atoms with Crippen LogP contribution in [-0.4, -0.2) is 34.1 Å². The van der Waals surface area contributed by atoms with Gasteiger partial charge in [0.05, 0.1) is 24.4 Å². The molecule has 0 aromatic heterocycles. The summed E-state index contributed by atoms with van der Waals surface area (Å²) in [4.78, 5) is 24.6. The summed E-state index contributed by atoms with van der Waals surface area (Å²) in [5.74, 6) is -0.408. The number of aliphatic hydroxyl groups is 1. The molecular formula is C34H34N2O6S.